The first kappa shape index (κ1) is 14.1. The number of hydrogen-bond donors (Lipinski definition) is 0. The molecule has 20 heavy (non-hydrogen) atoms. The van der Waals surface area contributed by atoms with Crippen molar-refractivity contribution in [2.24, 2.45) is 0 Å². The Kier molecular flexibility index (Phi) is 4.08. The van der Waals surface area contributed by atoms with Gasteiger partial charge in [-0.3, -0.25) is 4.79 Å². The van der Waals surface area contributed by atoms with Crippen molar-refractivity contribution in [3.63, 3.8) is 0 Å². The lowest BCUT2D eigenvalue weighted by atomic mass is 10.1. The lowest BCUT2D eigenvalue weighted by Gasteiger charge is -2.10. The molecule has 2 rings (SSSR count). The van der Waals surface area contributed by atoms with E-state index in [1.54, 1.807) is 24.3 Å². The zero-order valence-corrected chi connectivity index (χ0v) is 10.4. The molecule has 0 N–H and O–H groups in total. The summed E-state index contributed by atoms with van der Waals surface area (Å²) >= 11 is 0. The summed E-state index contributed by atoms with van der Waals surface area (Å²) in [6.07, 6.45) is -3.66. The Morgan fingerprint density at radius 2 is 1.75 bits per heavy atom. The average Bonchev–Trinajstić information content (AvgIpc) is 2.45. The van der Waals surface area contributed by atoms with Crippen LogP contribution >= 0.6 is 0 Å². The van der Waals surface area contributed by atoms with E-state index in [4.69, 9.17) is 4.74 Å². The van der Waals surface area contributed by atoms with E-state index < -0.39 is 11.7 Å². The summed E-state index contributed by atoms with van der Waals surface area (Å²) in [5, 5.41) is 0. The molecule has 0 aliphatic heterocycles. The Morgan fingerprint density at radius 1 is 1.05 bits per heavy atom. The summed E-state index contributed by atoms with van der Waals surface area (Å²) in [5.41, 5.74) is 0.562. The summed E-state index contributed by atoms with van der Waals surface area (Å²) in [7, 11) is 0. The molecule has 0 saturated heterocycles. The fraction of sp³-hybridized carbons (Fsp3) is 0.133. The largest absolute Gasteiger partial charge is 0.489 e. The zero-order valence-electron chi connectivity index (χ0n) is 10.4. The van der Waals surface area contributed by atoms with E-state index in [1.165, 1.54) is 12.1 Å². The van der Waals surface area contributed by atoms with Gasteiger partial charge in [0.1, 0.15) is 18.6 Å². The number of halogens is 3. The molecule has 2 aromatic carbocycles. The maximum Gasteiger partial charge on any atom is 0.416 e. The summed E-state index contributed by atoms with van der Waals surface area (Å²) < 4.78 is 42.9. The number of hydrogen-bond acceptors (Lipinski definition) is 2. The van der Waals surface area contributed by atoms with Crippen LogP contribution in [0.25, 0.3) is 0 Å². The van der Waals surface area contributed by atoms with E-state index in [1.807, 2.05) is 0 Å². The van der Waals surface area contributed by atoms with Crippen molar-refractivity contribution in [3.05, 3.63) is 65.2 Å². The Labute approximate surface area is 113 Å². The first-order valence-electron chi connectivity index (χ1n) is 5.83. The van der Waals surface area contributed by atoms with Gasteiger partial charge in [-0.05, 0) is 23.8 Å². The monoisotopic (exact) mass is 280 g/mol. The van der Waals surface area contributed by atoms with Gasteiger partial charge in [0.25, 0.3) is 0 Å². The molecule has 0 fully saturated rings. The van der Waals surface area contributed by atoms with Crippen LogP contribution in [0.4, 0.5) is 13.2 Å². The second kappa shape index (κ2) is 5.77. The molecule has 0 amide bonds. The van der Waals surface area contributed by atoms with E-state index in [2.05, 4.69) is 0 Å². The van der Waals surface area contributed by atoms with Gasteiger partial charge in [-0.15, -0.1) is 0 Å². The van der Waals surface area contributed by atoms with Gasteiger partial charge in [-0.2, -0.15) is 13.2 Å². The number of rotatable bonds is 4. The highest BCUT2D eigenvalue weighted by molar-refractivity contribution is 5.74. The predicted molar refractivity (Wildman–Crippen MR) is 67.6 cm³/mol. The Hall–Kier alpha value is -2.30. The number of benzene rings is 2. The number of alkyl halides is 3. The first-order valence-corrected chi connectivity index (χ1v) is 5.83. The van der Waals surface area contributed by atoms with E-state index in [-0.39, 0.29) is 12.4 Å². The Bertz CT molecular complexity index is 589. The minimum Gasteiger partial charge on any atom is -0.489 e. The first-order chi connectivity index (χ1) is 9.49. The van der Waals surface area contributed by atoms with E-state index in [9.17, 15) is 18.0 Å². The molecule has 0 aromatic heterocycles. The summed E-state index contributed by atoms with van der Waals surface area (Å²) in [6.45, 7) is 0.139. The van der Waals surface area contributed by atoms with Gasteiger partial charge in [-0.1, -0.05) is 30.3 Å². The van der Waals surface area contributed by atoms with Gasteiger partial charge >= 0.3 is 6.18 Å². The zero-order chi connectivity index (χ0) is 14.6. The normalized spacial score (nSPS) is 11.2. The van der Waals surface area contributed by atoms with Crippen molar-refractivity contribution in [2.45, 2.75) is 12.8 Å². The van der Waals surface area contributed by atoms with Gasteiger partial charge in [0.2, 0.25) is 0 Å². The maximum atomic E-state index is 12.5. The highest BCUT2D eigenvalue weighted by Gasteiger charge is 2.30. The number of carbonyl (C=O) groups is 1. The standard InChI is InChI=1S/C15H11F3O2/c16-15(17,18)13-2-1-3-14(8-13)20-10-12-6-4-11(9-19)5-7-12/h1-9H,10H2. The van der Waals surface area contributed by atoms with Crippen LogP contribution in [0.2, 0.25) is 0 Å². The van der Waals surface area contributed by atoms with Crippen LogP contribution in [0.3, 0.4) is 0 Å². The number of carbonyl (C=O) groups excluding carboxylic acids is 1. The molecule has 0 heterocycles. The molecule has 0 atom stereocenters. The quantitative estimate of drug-likeness (QED) is 0.788. The molecule has 2 aromatic rings. The molecule has 0 bridgehead atoms. The third-order valence-corrected chi connectivity index (χ3v) is 2.68. The van der Waals surface area contributed by atoms with Crippen molar-refractivity contribution in [2.75, 3.05) is 0 Å². The number of aldehydes is 1. The van der Waals surface area contributed by atoms with Crippen LogP contribution in [0.5, 0.6) is 5.75 Å². The Morgan fingerprint density at radius 3 is 2.35 bits per heavy atom. The van der Waals surface area contributed by atoms with E-state index in [0.717, 1.165) is 24.0 Å². The maximum absolute atomic E-state index is 12.5. The second-order valence-corrected chi connectivity index (χ2v) is 4.17. The number of ether oxygens (including phenoxy) is 1. The highest BCUT2D eigenvalue weighted by atomic mass is 19.4. The SMILES string of the molecule is O=Cc1ccc(COc2cccc(C(F)(F)F)c2)cc1. The van der Waals surface area contributed by atoms with Crippen LogP contribution in [0.15, 0.2) is 48.5 Å². The minimum absolute atomic E-state index is 0.139. The van der Waals surface area contributed by atoms with Crippen LogP contribution < -0.4 is 4.74 Å². The molecule has 0 radical (unpaired) electrons. The highest BCUT2D eigenvalue weighted by Crippen LogP contribution is 2.31. The molecule has 104 valence electrons. The molecule has 5 heteroatoms. The van der Waals surface area contributed by atoms with Crippen LogP contribution in [-0.2, 0) is 12.8 Å². The summed E-state index contributed by atoms with van der Waals surface area (Å²) in [4.78, 5) is 10.5. The van der Waals surface area contributed by atoms with Crippen molar-refractivity contribution < 1.29 is 22.7 Å². The Balaban J connectivity index is 2.05. The van der Waals surface area contributed by atoms with Crippen molar-refractivity contribution in [3.8, 4) is 5.75 Å². The summed E-state index contributed by atoms with van der Waals surface area (Å²) in [6, 6.07) is 11.3. The van der Waals surface area contributed by atoms with Crippen LogP contribution in [0.1, 0.15) is 21.5 Å². The minimum atomic E-state index is -4.38. The molecular formula is C15H11F3O2. The fourth-order valence-electron chi connectivity index (χ4n) is 1.62. The predicted octanol–water partition coefficient (Wildman–Crippen LogP) is 4.10. The smallest absolute Gasteiger partial charge is 0.416 e. The average molecular weight is 280 g/mol. The molecule has 0 aliphatic rings. The van der Waals surface area contributed by atoms with Crippen LogP contribution in [0, 0.1) is 0 Å². The topological polar surface area (TPSA) is 26.3 Å². The van der Waals surface area contributed by atoms with Crippen molar-refractivity contribution >= 4 is 6.29 Å². The third kappa shape index (κ3) is 3.60. The van der Waals surface area contributed by atoms with Crippen LogP contribution in [-0.4, -0.2) is 6.29 Å². The van der Waals surface area contributed by atoms with Gasteiger partial charge < -0.3 is 4.74 Å². The van der Waals surface area contributed by atoms with E-state index >= 15 is 0 Å². The lowest BCUT2D eigenvalue weighted by Crippen LogP contribution is -2.05. The molecular weight excluding hydrogens is 269 g/mol. The van der Waals surface area contributed by atoms with Gasteiger partial charge in [-0.25, -0.2) is 0 Å². The third-order valence-electron chi connectivity index (χ3n) is 2.68. The molecule has 2 nitrogen and oxygen atoms in total. The fourth-order valence-corrected chi connectivity index (χ4v) is 1.62. The lowest BCUT2D eigenvalue weighted by molar-refractivity contribution is -0.137. The van der Waals surface area contributed by atoms with Crippen molar-refractivity contribution in [1.82, 2.24) is 0 Å². The molecule has 0 spiro atoms. The van der Waals surface area contributed by atoms with Gasteiger partial charge in [0, 0.05) is 5.56 Å². The van der Waals surface area contributed by atoms with Gasteiger partial charge in [0.15, 0.2) is 0 Å². The second-order valence-electron chi connectivity index (χ2n) is 4.17. The molecule has 0 saturated carbocycles. The molecule has 0 aliphatic carbocycles. The molecule has 0 unspecified atom stereocenters. The summed E-state index contributed by atoms with van der Waals surface area (Å²) in [5.74, 6) is 0.152. The van der Waals surface area contributed by atoms with Crippen molar-refractivity contribution in [1.29, 1.82) is 0 Å². The van der Waals surface area contributed by atoms with E-state index in [0.29, 0.717) is 5.56 Å². The van der Waals surface area contributed by atoms with Gasteiger partial charge in [0.05, 0.1) is 5.56 Å².